The lowest BCUT2D eigenvalue weighted by Crippen LogP contribution is -2.14. The maximum absolute atomic E-state index is 12.5. The van der Waals surface area contributed by atoms with Crippen LogP contribution in [0.2, 0.25) is 5.02 Å². The van der Waals surface area contributed by atoms with Crippen LogP contribution in [0.4, 0.5) is 0 Å². The van der Waals surface area contributed by atoms with Gasteiger partial charge >= 0.3 is 5.97 Å². The first-order valence-electron chi connectivity index (χ1n) is 8.47. The van der Waals surface area contributed by atoms with Crippen LogP contribution in [0.15, 0.2) is 73.1 Å². The molecule has 2 aromatic heterocycles. The van der Waals surface area contributed by atoms with Gasteiger partial charge in [0.05, 0.1) is 11.9 Å². The molecule has 138 valence electrons. The standard InChI is InChI=1S/C21H14ClN3O3/c22-16-8-6-15(7-9-16)19(26)13-28-21(27)17-12-24-25-18(10-11-23-20(17)25)14-4-2-1-3-5-14/h1-12H,13H2. The Bertz CT molecular complexity index is 1150. The van der Waals surface area contributed by atoms with Gasteiger partial charge in [-0.3, -0.25) is 4.79 Å². The van der Waals surface area contributed by atoms with E-state index in [-0.39, 0.29) is 18.0 Å². The van der Waals surface area contributed by atoms with Crippen LogP contribution in [-0.4, -0.2) is 33.0 Å². The van der Waals surface area contributed by atoms with Crippen molar-refractivity contribution in [1.29, 1.82) is 0 Å². The number of halogens is 1. The summed E-state index contributed by atoms with van der Waals surface area (Å²) in [5.74, 6) is -0.977. The van der Waals surface area contributed by atoms with Crippen molar-refractivity contribution < 1.29 is 14.3 Å². The van der Waals surface area contributed by atoms with E-state index in [1.807, 2.05) is 36.4 Å². The number of benzene rings is 2. The number of fused-ring (bicyclic) bond motifs is 1. The van der Waals surface area contributed by atoms with E-state index in [1.54, 1.807) is 35.0 Å². The highest BCUT2D eigenvalue weighted by Gasteiger charge is 2.19. The molecule has 0 aliphatic heterocycles. The van der Waals surface area contributed by atoms with Crippen molar-refractivity contribution in [2.24, 2.45) is 0 Å². The molecule has 4 rings (SSSR count). The second kappa shape index (κ2) is 7.62. The van der Waals surface area contributed by atoms with Crippen LogP contribution < -0.4 is 0 Å². The quantitative estimate of drug-likeness (QED) is 0.378. The monoisotopic (exact) mass is 391 g/mol. The smallest absolute Gasteiger partial charge is 0.344 e. The highest BCUT2D eigenvalue weighted by Crippen LogP contribution is 2.21. The number of ketones is 1. The third-order valence-corrected chi connectivity index (χ3v) is 4.44. The summed E-state index contributed by atoms with van der Waals surface area (Å²) in [7, 11) is 0. The van der Waals surface area contributed by atoms with Crippen LogP contribution in [0.25, 0.3) is 16.9 Å². The minimum absolute atomic E-state index is 0.196. The van der Waals surface area contributed by atoms with Gasteiger partial charge in [-0.05, 0) is 30.3 Å². The minimum atomic E-state index is -0.657. The van der Waals surface area contributed by atoms with Crippen LogP contribution in [0, 0.1) is 0 Å². The minimum Gasteiger partial charge on any atom is -0.454 e. The van der Waals surface area contributed by atoms with Crippen LogP contribution in [0.3, 0.4) is 0 Å². The second-order valence-electron chi connectivity index (χ2n) is 6.00. The van der Waals surface area contributed by atoms with Crippen molar-refractivity contribution in [3.05, 3.63) is 89.2 Å². The number of carbonyl (C=O) groups excluding carboxylic acids is 2. The Hall–Kier alpha value is -3.51. The zero-order valence-electron chi connectivity index (χ0n) is 14.6. The van der Waals surface area contributed by atoms with Gasteiger partial charge in [-0.25, -0.2) is 14.3 Å². The number of nitrogens with zero attached hydrogens (tertiary/aromatic N) is 3. The van der Waals surface area contributed by atoms with Gasteiger partial charge in [0.15, 0.2) is 18.0 Å². The molecular formula is C21H14ClN3O3. The average Bonchev–Trinajstić information content (AvgIpc) is 3.17. The Labute approximate surface area is 165 Å². The van der Waals surface area contributed by atoms with Gasteiger partial charge in [0.1, 0.15) is 5.56 Å². The molecule has 28 heavy (non-hydrogen) atoms. The molecule has 7 heteroatoms. The molecule has 2 heterocycles. The van der Waals surface area contributed by atoms with Crippen molar-refractivity contribution >= 4 is 29.0 Å². The van der Waals surface area contributed by atoms with Crippen molar-refractivity contribution in [2.45, 2.75) is 0 Å². The van der Waals surface area contributed by atoms with E-state index in [0.717, 1.165) is 11.3 Å². The van der Waals surface area contributed by atoms with E-state index >= 15 is 0 Å². The molecule has 0 saturated heterocycles. The molecule has 0 aliphatic carbocycles. The molecule has 0 aliphatic rings. The molecular weight excluding hydrogens is 378 g/mol. The Morgan fingerprint density at radius 3 is 2.50 bits per heavy atom. The normalized spacial score (nSPS) is 10.8. The van der Waals surface area contributed by atoms with Crippen LogP contribution in [0.1, 0.15) is 20.7 Å². The fraction of sp³-hybridized carbons (Fsp3) is 0.0476. The topological polar surface area (TPSA) is 73.6 Å². The van der Waals surface area contributed by atoms with E-state index in [4.69, 9.17) is 16.3 Å². The molecule has 0 spiro atoms. The van der Waals surface area contributed by atoms with Gasteiger partial charge in [-0.15, -0.1) is 0 Å². The van der Waals surface area contributed by atoms with E-state index in [9.17, 15) is 9.59 Å². The summed E-state index contributed by atoms with van der Waals surface area (Å²) < 4.78 is 6.75. The third-order valence-electron chi connectivity index (χ3n) is 4.19. The fourth-order valence-electron chi connectivity index (χ4n) is 2.79. The average molecular weight is 392 g/mol. The number of hydrogen-bond acceptors (Lipinski definition) is 5. The molecule has 0 bridgehead atoms. The lowest BCUT2D eigenvalue weighted by Gasteiger charge is -2.05. The van der Waals surface area contributed by atoms with Crippen LogP contribution in [0.5, 0.6) is 0 Å². The van der Waals surface area contributed by atoms with E-state index in [0.29, 0.717) is 16.2 Å². The number of hydrogen-bond donors (Lipinski definition) is 0. The van der Waals surface area contributed by atoms with Crippen molar-refractivity contribution in [1.82, 2.24) is 14.6 Å². The van der Waals surface area contributed by atoms with Gasteiger partial charge < -0.3 is 4.74 Å². The second-order valence-corrected chi connectivity index (χ2v) is 6.43. The number of aromatic nitrogens is 3. The molecule has 0 saturated carbocycles. The molecule has 0 atom stereocenters. The van der Waals surface area contributed by atoms with E-state index in [1.165, 1.54) is 6.20 Å². The molecule has 0 amide bonds. The maximum atomic E-state index is 12.5. The van der Waals surface area contributed by atoms with Gasteiger partial charge in [-0.2, -0.15) is 5.10 Å². The van der Waals surface area contributed by atoms with E-state index < -0.39 is 5.97 Å². The summed E-state index contributed by atoms with van der Waals surface area (Å²) in [6.07, 6.45) is 3.00. The summed E-state index contributed by atoms with van der Waals surface area (Å²) in [6.45, 7) is -0.379. The number of carbonyl (C=O) groups is 2. The molecule has 4 aromatic rings. The van der Waals surface area contributed by atoms with Gasteiger partial charge in [0, 0.05) is 22.3 Å². The Morgan fingerprint density at radius 1 is 1.00 bits per heavy atom. The molecule has 0 unspecified atom stereocenters. The maximum Gasteiger partial charge on any atom is 0.344 e. The Balaban J connectivity index is 1.55. The Morgan fingerprint density at radius 2 is 1.75 bits per heavy atom. The fourth-order valence-corrected chi connectivity index (χ4v) is 2.92. The Kier molecular flexibility index (Phi) is 4.87. The third kappa shape index (κ3) is 3.50. The number of Topliss-reactive ketones (excluding diaryl/α,β-unsaturated/α-hetero) is 1. The number of esters is 1. The lowest BCUT2D eigenvalue weighted by molar-refractivity contribution is 0.0476. The summed E-state index contributed by atoms with van der Waals surface area (Å²) >= 11 is 5.81. The van der Waals surface area contributed by atoms with Crippen molar-refractivity contribution in [2.75, 3.05) is 6.61 Å². The molecule has 2 aromatic carbocycles. The zero-order chi connectivity index (χ0) is 19.5. The summed E-state index contributed by atoms with van der Waals surface area (Å²) in [5.41, 5.74) is 2.71. The lowest BCUT2D eigenvalue weighted by atomic mass is 10.1. The van der Waals surface area contributed by atoms with Gasteiger partial charge in [0.25, 0.3) is 0 Å². The summed E-state index contributed by atoms with van der Waals surface area (Å²) in [4.78, 5) is 28.9. The summed E-state index contributed by atoms with van der Waals surface area (Å²) in [6, 6.07) is 17.8. The SMILES string of the molecule is O=C(COC(=O)c1cnn2c(-c3ccccc3)ccnc12)c1ccc(Cl)cc1. The molecule has 0 radical (unpaired) electrons. The number of ether oxygens (including phenoxy) is 1. The van der Waals surface area contributed by atoms with Gasteiger partial charge in [0.2, 0.25) is 0 Å². The predicted molar refractivity (Wildman–Crippen MR) is 104 cm³/mol. The largest absolute Gasteiger partial charge is 0.454 e. The van der Waals surface area contributed by atoms with Crippen molar-refractivity contribution in [3.63, 3.8) is 0 Å². The first-order chi connectivity index (χ1) is 13.6. The van der Waals surface area contributed by atoms with Crippen LogP contribution >= 0.6 is 11.6 Å². The summed E-state index contributed by atoms with van der Waals surface area (Å²) in [5, 5.41) is 4.79. The van der Waals surface area contributed by atoms with Gasteiger partial charge in [-0.1, -0.05) is 41.9 Å². The molecule has 0 N–H and O–H groups in total. The van der Waals surface area contributed by atoms with Crippen LogP contribution in [-0.2, 0) is 4.74 Å². The van der Waals surface area contributed by atoms with Crippen molar-refractivity contribution in [3.8, 4) is 11.3 Å². The first-order valence-corrected chi connectivity index (χ1v) is 8.85. The number of rotatable bonds is 5. The zero-order valence-corrected chi connectivity index (χ0v) is 15.3. The first kappa shape index (κ1) is 17.9. The highest BCUT2D eigenvalue weighted by molar-refractivity contribution is 6.30. The molecule has 6 nitrogen and oxygen atoms in total. The van der Waals surface area contributed by atoms with E-state index in [2.05, 4.69) is 10.1 Å². The highest BCUT2D eigenvalue weighted by atomic mass is 35.5. The molecule has 0 fully saturated rings. The predicted octanol–water partition coefficient (Wildman–Crippen LogP) is 4.09.